The van der Waals surface area contributed by atoms with Gasteiger partial charge in [0.25, 0.3) is 0 Å². The molecule has 2 heterocycles. The summed E-state index contributed by atoms with van der Waals surface area (Å²) in [6, 6.07) is 12.3. The van der Waals surface area contributed by atoms with E-state index in [0.717, 1.165) is 48.9 Å². The SMILES string of the molecule is CNC(=O)C1(Cc2cccc(-c3cccnc3)c2)CCCN(C(=O)C2CC2)C1. The summed E-state index contributed by atoms with van der Waals surface area (Å²) in [5, 5.41) is 2.86. The lowest BCUT2D eigenvalue weighted by Gasteiger charge is -2.42. The smallest absolute Gasteiger partial charge is 0.228 e. The van der Waals surface area contributed by atoms with Gasteiger partial charge in [0.05, 0.1) is 5.41 Å². The molecule has 0 spiro atoms. The maximum Gasteiger partial charge on any atom is 0.228 e. The molecule has 2 aliphatic rings. The molecule has 1 unspecified atom stereocenters. The molecule has 4 rings (SSSR count). The van der Waals surface area contributed by atoms with Crippen LogP contribution in [0.5, 0.6) is 0 Å². The monoisotopic (exact) mass is 377 g/mol. The zero-order chi connectivity index (χ0) is 19.6. The van der Waals surface area contributed by atoms with Crippen molar-refractivity contribution in [2.24, 2.45) is 11.3 Å². The molecule has 1 aromatic heterocycles. The zero-order valence-corrected chi connectivity index (χ0v) is 16.4. The van der Waals surface area contributed by atoms with Gasteiger partial charge in [0.15, 0.2) is 0 Å². The molecule has 2 fully saturated rings. The first-order chi connectivity index (χ1) is 13.6. The number of amides is 2. The van der Waals surface area contributed by atoms with Crippen LogP contribution in [0, 0.1) is 11.3 Å². The number of pyridine rings is 1. The van der Waals surface area contributed by atoms with Crippen molar-refractivity contribution < 1.29 is 9.59 Å². The van der Waals surface area contributed by atoms with E-state index in [0.29, 0.717) is 13.0 Å². The second-order valence-corrected chi connectivity index (χ2v) is 8.12. The Morgan fingerprint density at radius 2 is 2.04 bits per heavy atom. The molecule has 28 heavy (non-hydrogen) atoms. The first-order valence-electron chi connectivity index (χ1n) is 10.1. The predicted molar refractivity (Wildman–Crippen MR) is 108 cm³/mol. The van der Waals surface area contributed by atoms with E-state index in [9.17, 15) is 9.59 Å². The first-order valence-corrected chi connectivity index (χ1v) is 10.1. The highest BCUT2D eigenvalue weighted by Gasteiger charge is 2.45. The van der Waals surface area contributed by atoms with Crippen LogP contribution in [0.15, 0.2) is 48.8 Å². The minimum Gasteiger partial charge on any atom is -0.359 e. The number of carbonyl (C=O) groups excluding carboxylic acids is 2. The third-order valence-electron chi connectivity index (χ3n) is 5.99. The fourth-order valence-electron chi connectivity index (χ4n) is 4.37. The maximum absolute atomic E-state index is 12.9. The first kappa shape index (κ1) is 18.7. The van der Waals surface area contributed by atoms with Gasteiger partial charge >= 0.3 is 0 Å². The number of nitrogens with zero attached hydrogens (tertiary/aromatic N) is 2. The van der Waals surface area contributed by atoms with Gasteiger partial charge in [0.2, 0.25) is 11.8 Å². The van der Waals surface area contributed by atoms with Crippen molar-refractivity contribution in [3.8, 4) is 11.1 Å². The van der Waals surface area contributed by atoms with Crippen molar-refractivity contribution in [3.63, 3.8) is 0 Å². The summed E-state index contributed by atoms with van der Waals surface area (Å²) in [6.07, 6.45) is 7.91. The molecule has 5 heteroatoms. The van der Waals surface area contributed by atoms with Crippen molar-refractivity contribution in [2.75, 3.05) is 20.1 Å². The molecular formula is C23H27N3O2. The van der Waals surface area contributed by atoms with Crippen LogP contribution in [0.1, 0.15) is 31.2 Å². The van der Waals surface area contributed by atoms with Crippen molar-refractivity contribution in [1.82, 2.24) is 15.2 Å². The van der Waals surface area contributed by atoms with Crippen LogP contribution in [0.25, 0.3) is 11.1 Å². The molecule has 2 amide bonds. The maximum atomic E-state index is 12.9. The Morgan fingerprint density at radius 3 is 2.75 bits per heavy atom. The molecule has 1 aliphatic heterocycles. The van der Waals surface area contributed by atoms with Crippen molar-refractivity contribution in [1.29, 1.82) is 0 Å². The van der Waals surface area contributed by atoms with Gasteiger partial charge < -0.3 is 10.2 Å². The molecule has 1 atom stereocenters. The van der Waals surface area contributed by atoms with E-state index in [-0.39, 0.29) is 17.7 Å². The largest absolute Gasteiger partial charge is 0.359 e. The predicted octanol–water partition coefficient (Wildman–Crippen LogP) is 3.06. The Morgan fingerprint density at radius 1 is 1.21 bits per heavy atom. The molecule has 1 aromatic carbocycles. The number of piperidine rings is 1. The quantitative estimate of drug-likeness (QED) is 0.871. The van der Waals surface area contributed by atoms with Gasteiger partial charge in [-0.2, -0.15) is 0 Å². The number of likely N-dealkylation sites (tertiary alicyclic amines) is 1. The lowest BCUT2D eigenvalue weighted by Crippen LogP contribution is -2.54. The third kappa shape index (κ3) is 3.79. The highest BCUT2D eigenvalue weighted by molar-refractivity contribution is 5.86. The van der Waals surface area contributed by atoms with E-state index in [1.165, 1.54) is 0 Å². The van der Waals surface area contributed by atoms with Gasteiger partial charge in [0, 0.05) is 38.4 Å². The van der Waals surface area contributed by atoms with Crippen molar-refractivity contribution in [3.05, 3.63) is 54.4 Å². The van der Waals surface area contributed by atoms with Crippen LogP contribution in [-0.2, 0) is 16.0 Å². The number of benzene rings is 1. The number of aromatic nitrogens is 1. The summed E-state index contributed by atoms with van der Waals surface area (Å²) < 4.78 is 0. The van der Waals surface area contributed by atoms with Gasteiger partial charge in [-0.3, -0.25) is 14.6 Å². The molecule has 146 valence electrons. The highest BCUT2D eigenvalue weighted by Crippen LogP contribution is 2.38. The van der Waals surface area contributed by atoms with Crippen LogP contribution in [0.2, 0.25) is 0 Å². The second-order valence-electron chi connectivity index (χ2n) is 8.12. The minimum atomic E-state index is -0.564. The summed E-state index contributed by atoms with van der Waals surface area (Å²) in [6.45, 7) is 1.28. The van der Waals surface area contributed by atoms with E-state index in [1.54, 1.807) is 13.2 Å². The fourth-order valence-corrected chi connectivity index (χ4v) is 4.37. The zero-order valence-electron chi connectivity index (χ0n) is 16.4. The number of rotatable bonds is 5. The second kappa shape index (κ2) is 7.74. The lowest BCUT2D eigenvalue weighted by atomic mass is 9.74. The number of hydrogen-bond donors (Lipinski definition) is 1. The summed E-state index contributed by atoms with van der Waals surface area (Å²) >= 11 is 0. The van der Waals surface area contributed by atoms with E-state index in [2.05, 4.69) is 28.5 Å². The average molecular weight is 377 g/mol. The Hall–Kier alpha value is -2.69. The standard InChI is InChI=1S/C23H27N3O2/c1-24-22(28)23(10-4-12-26(16-23)21(27)18-8-9-18)14-17-5-2-6-19(13-17)20-7-3-11-25-15-20/h2-3,5-7,11,13,15,18H,4,8-10,12,14,16H2,1H3,(H,24,28). The van der Waals surface area contributed by atoms with E-state index in [1.807, 2.05) is 29.3 Å². The Balaban J connectivity index is 1.60. The number of hydrogen-bond acceptors (Lipinski definition) is 3. The van der Waals surface area contributed by atoms with Crippen LogP contribution >= 0.6 is 0 Å². The molecule has 0 radical (unpaired) electrons. The van der Waals surface area contributed by atoms with Gasteiger partial charge in [-0.1, -0.05) is 30.3 Å². The molecule has 1 N–H and O–H groups in total. The van der Waals surface area contributed by atoms with Gasteiger partial charge in [-0.25, -0.2) is 0 Å². The Kier molecular flexibility index (Phi) is 5.16. The van der Waals surface area contributed by atoms with Crippen LogP contribution in [0.4, 0.5) is 0 Å². The van der Waals surface area contributed by atoms with Crippen LogP contribution < -0.4 is 5.32 Å². The fraction of sp³-hybridized carbons (Fsp3) is 0.435. The van der Waals surface area contributed by atoms with E-state index in [4.69, 9.17) is 0 Å². The van der Waals surface area contributed by atoms with Crippen LogP contribution in [-0.4, -0.2) is 41.8 Å². The molecule has 1 saturated carbocycles. The van der Waals surface area contributed by atoms with E-state index < -0.39 is 5.41 Å². The van der Waals surface area contributed by atoms with E-state index >= 15 is 0 Å². The van der Waals surface area contributed by atoms with Gasteiger partial charge in [0.1, 0.15) is 0 Å². The third-order valence-corrected chi connectivity index (χ3v) is 5.99. The molecule has 1 aliphatic carbocycles. The summed E-state index contributed by atoms with van der Waals surface area (Å²) in [5.41, 5.74) is 2.71. The molecular weight excluding hydrogens is 350 g/mol. The molecule has 0 bridgehead atoms. The van der Waals surface area contributed by atoms with Gasteiger partial charge in [-0.05, 0) is 54.9 Å². The normalized spacial score (nSPS) is 22.0. The molecule has 2 aromatic rings. The summed E-state index contributed by atoms with van der Waals surface area (Å²) in [4.78, 5) is 31.7. The van der Waals surface area contributed by atoms with Crippen LogP contribution in [0.3, 0.4) is 0 Å². The van der Waals surface area contributed by atoms with Gasteiger partial charge in [-0.15, -0.1) is 0 Å². The average Bonchev–Trinajstić information content (AvgIpc) is 3.59. The lowest BCUT2D eigenvalue weighted by molar-refractivity contribution is -0.142. The Bertz CT molecular complexity index is 863. The highest BCUT2D eigenvalue weighted by atomic mass is 16.2. The minimum absolute atomic E-state index is 0.0348. The topological polar surface area (TPSA) is 62.3 Å². The molecule has 1 saturated heterocycles. The summed E-state index contributed by atoms with van der Waals surface area (Å²) in [7, 11) is 1.69. The van der Waals surface area contributed by atoms with Crippen molar-refractivity contribution >= 4 is 11.8 Å². The number of nitrogens with one attached hydrogen (secondary N) is 1. The summed E-state index contributed by atoms with van der Waals surface area (Å²) in [5.74, 6) is 0.457. The van der Waals surface area contributed by atoms with Crippen molar-refractivity contribution in [2.45, 2.75) is 32.1 Å². The molecule has 5 nitrogen and oxygen atoms in total. The number of carbonyl (C=O) groups is 2. The Labute approximate surface area is 166 Å².